The van der Waals surface area contributed by atoms with Crippen LogP contribution in [0.2, 0.25) is 0 Å². The summed E-state index contributed by atoms with van der Waals surface area (Å²) in [6, 6.07) is 0. The van der Waals surface area contributed by atoms with Crippen molar-refractivity contribution < 1.29 is 4.79 Å². The SMILES string of the molecule is CCCCn1c(N)c(N(CC)C(=O)CN2CCN(CC)CC2)c(=O)[nH]c1=O. The van der Waals surface area contributed by atoms with Gasteiger partial charge in [-0.3, -0.25) is 24.0 Å². The first-order valence-corrected chi connectivity index (χ1v) is 9.80. The number of hydrogen-bond acceptors (Lipinski definition) is 6. The second-order valence-electron chi connectivity index (χ2n) is 6.85. The molecule has 2 heterocycles. The van der Waals surface area contributed by atoms with E-state index in [4.69, 9.17) is 5.73 Å². The third kappa shape index (κ3) is 4.98. The van der Waals surface area contributed by atoms with Crippen molar-refractivity contribution in [1.29, 1.82) is 0 Å². The van der Waals surface area contributed by atoms with Gasteiger partial charge in [0.15, 0.2) is 5.69 Å². The first-order valence-electron chi connectivity index (χ1n) is 9.80. The Hall–Kier alpha value is -2.13. The molecule has 1 aromatic heterocycles. The van der Waals surface area contributed by atoms with Crippen molar-refractivity contribution in [2.45, 2.75) is 40.2 Å². The molecule has 1 aliphatic rings. The molecule has 152 valence electrons. The number of nitrogens with one attached hydrogen (secondary N) is 1. The van der Waals surface area contributed by atoms with Crippen LogP contribution in [-0.4, -0.2) is 71.1 Å². The van der Waals surface area contributed by atoms with Crippen molar-refractivity contribution in [2.24, 2.45) is 0 Å². The third-order valence-corrected chi connectivity index (χ3v) is 5.11. The molecule has 27 heavy (non-hydrogen) atoms. The molecule has 1 aliphatic heterocycles. The second-order valence-corrected chi connectivity index (χ2v) is 6.85. The number of nitrogens with zero attached hydrogens (tertiary/aromatic N) is 4. The van der Waals surface area contributed by atoms with Crippen LogP contribution in [0.15, 0.2) is 9.59 Å². The highest BCUT2D eigenvalue weighted by molar-refractivity contribution is 5.96. The lowest BCUT2D eigenvalue weighted by Crippen LogP contribution is -2.51. The summed E-state index contributed by atoms with van der Waals surface area (Å²) in [7, 11) is 0. The fourth-order valence-electron chi connectivity index (χ4n) is 3.38. The monoisotopic (exact) mass is 380 g/mol. The lowest BCUT2D eigenvalue weighted by molar-refractivity contribution is -0.120. The average molecular weight is 380 g/mol. The van der Waals surface area contributed by atoms with E-state index in [9.17, 15) is 14.4 Å². The maximum absolute atomic E-state index is 12.9. The molecule has 1 amide bonds. The second kappa shape index (κ2) is 9.70. The topological polar surface area (TPSA) is 108 Å². The highest BCUT2D eigenvalue weighted by Crippen LogP contribution is 2.17. The van der Waals surface area contributed by atoms with E-state index in [1.54, 1.807) is 6.92 Å². The molecule has 1 fully saturated rings. The number of hydrogen-bond donors (Lipinski definition) is 2. The Balaban J connectivity index is 2.22. The lowest BCUT2D eigenvalue weighted by atomic mass is 10.3. The maximum Gasteiger partial charge on any atom is 0.330 e. The van der Waals surface area contributed by atoms with Crippen LogP contribution in [0.5, 0.6) is 0 Å². The zero-order chi connectivity index (χ0) is 20.0. The fraction of sp³-hybridized carbons (Fsp3) is 0.722. The van der Waals surface area contributed by atoms with Crippen LogP contribution in [-0.2, 0) is 11.3 Å². The van der Waals surface area contributed by atoms with E-state index in [-0.39, 0.29) is 24.0 Å². The number of unbranched alkanes of at least 4 members (excludes halogenated alkanes) is 1. The first kappa shape index (κ1) is 21.2. The number of aromatic amines is 1. The molecule has 0 unspecified atom stereocenters. The van der Waals surface area contributed by atoms with Crippen molar-refractivity contribution in [3.8, 4) is 0 Å². The Kier molecular flexibility index (Phi) is 7.61. The van der Waals surface area contributed by atoms with Gasteiger partial charge in [0.25, 0.3) is 5.56 Å². The van der Waals surface area contributed by atoms with Gasteiger partial charge in [0.2, 0.25) is 5.91 Å². The van der Waals surface area contributed by atoms with Gasteiger partial charge in [-0.1, -0.05) is 20.3 Å². The van der Waals surface area contributed by atoms with Crippen LogP contribution in [0, 0.1) is 0 Å². The number of nitrogens with two attached hydrogens (primary N) is 1. The van der Waals surface area contributed by atoms with Gasteiger partial charge in [-0.2, -0.15) is 0 Å². The van der Waals surface area contributed by atoms with Gasteiger partial charge in [-0.05, 0) is 19.9 Å². The molecule has 1 aromatic rings. The molecule has 0 spiro atoms. The normalized spacial score (nSPS) is 15.8. The molecule has 0 atom stereocenters. The molecule has 2 rings (SSSR count). The number of amides is 1. The summed E-state index contributed by atoms with van der Waals surface area (Å²) in [5, 5.41) is 0. The zero-order valence-corrected chi connectivity index (χ0v) is 16.7. The van der Waals surface area contributed by atoms with Crippen LogP contribution >= 0.6 is 0 Å². The predicted molar refractivity (Wildman–Crippen MR) is 107 cm³/mol. The van der Waals surface area contributed by atoms with Crippen LogP contribution in [0.1, 0.15) is 33.6 Å². The summed E-state index contributed by atoms with van der Waals surface area (Å²) < 4.78 is 1.34. The molecular weight excluding hydrogens is 348 g/mol. The molecule has 0 aliphatic carbocycles. The van der Waals surface area contributed by atoms with E-state index in [1.807, 2.05) is 6.92 Å². The number of piperazine rings is 1. The van der Waals surface area contributed by atoms with Crippen molar-refractivity contribution in [3.63, 3.8) is 0 Å². The molecular formula is C18H32N6O3. The number of rotatable bonds is 8. The lowest BCUT2D eigenvalue weighted by Gasteiger charge is -2.34. The van der Waals surface area contributed by atoms with E-state index in [2.05, 4.69) is 21.7 Å². The number of aromatic nitrogens is 2. The minimum Gasteiger partial charge on any atom is -0.383 e. The van der Waals surface area contributed by atoms with E-state index in [0.29, 0.717) is 13.1 Å². The fourth-order valence-corrected chi connectivity index (χ4v) is 3.38. The molecule has 1 saturated heterocycles. The third-order valence-electron chi connectivity index (χ3n) is 5.11. The van der Waals surface area contributed by atoms with Crippen molar-refractivity contribution in [2.75, 3.05) is 56.4 Å². The van der Waals surface area contributed by atoms with Crippen molar-refractivity contribution in [1.82, 2.24) is 19.4 Å². The largest absolute Gasteiger partial charge is 0.383 e. The van der Waals surface area contributed by atoms with Gasteiger partial charge in [-0.15, -0.1) is 0 Å². The van der Waals surface area contributed by atoms with E-state index in [1.165, 1.54) is 9.47 Å². The Morgan fingerprint density at radius 3 is 2.30 bits per heavy atom. The summed E-state index contributed by atoms with van der Waals surface area (Å²) in [5.41, 5.74) is 5.06. The van der Waals surface area contributed by atoms with Gasteiger partial charge in [0, 0.05) is 39.3 Å². The summed E-state index contributed by atoms with van der Waals surface area (Å²) in [6.07, 6.45) is 1.65. The Morgan fingerprint density at radius 2 is 1.74 bits per heavy atom. The number of carbonyl (C=O) groups excluding carboxylic acids is 1. The summed E-state index contributed by atoms with van der Waals surface area (Å²) >= 11 is 0. The highest BCUT2D eigenvalue weighted by Gasteiger charge is 2.25. The standard InChI is InChI=1S/C18H32N6O3/c1-4-7-8-24-16(19)15(17(26)20-18(24)27)23(6-3)14(25)13-22-11-9-21(5-2)10-12-22/h4-13,19H2,1-3H3,(H,20,26,27). The van der Waals surface area contributed by atoms with Crippen LogP contribution < -0.4 is 21.9 Å². The number of anilines is 2. The smallest absolute Gasteiger partial charge is 0.330 e. The predicted octanol–water partition coefficient (Wildman–Crippen LogP) is -0.0907. The van der Waals surface area contributed by atoms with Gasteiger partial charge in [0.1, 0.15) is 5.82 Å². The van der Waals surface area contributed by atoms with Gasteiger partial charge < -0.3 is 15.5 Å². The quantitative estimate of drug-likeness (QED) is 0.653. The van der Waals surface area contributed by atoms with Crippen LogP contribution in [0.4, 0.5) is 11.5 Å². The van der Waals surface area contributed by atoms with Gasteiger partial charge in [-0.25, -0.2) is 4.79 Å². The maximum atomic E-state index is 12.9. The molecule has 3 N–H and O–H groups in total. The summed E-state index contributed by atoms with van der Waals surface area (Å²) in [4.78, 5) is 45.5. The van der Waals surface area contributed by atoms with E-state index < -0.39 is 11.2 Å². The summed E-state index contributed by atoms with van der Waals surface area (Å²) in [6.45, 7) is 11.4. The van der Waals surface area contributed by atoms with Crippen LogP contribution in [0.3, 0.4) is 0 Å². The Bertz CT molecular complexity index is 748. The molecule has 0 saturated carbocycles. The zero-order valence-electron chi connectivity index (χ0n) is 16.7. The Morgan fingerprint density at radius 1 is 1.11 bits per heavy atom. The van der Waals surface area contributed by atoms with Crippen molar-refractivity contribution in [3.05, 3.63) is 20.8 Å². The van der Waals surface area contributed by atoms with Gasteiger partial charge >= 0.3 is 5.69 Å². The van der Waals surface area contributed by atoms with Crippen molar-refractivity contribution >= 4 is 17.4 Å². The number of carbonyl (C=O) groups is 1. The van der Waals surface area contributed by atoms with Crippen LogP contribution in [0.25, 0.3) is 0 Å². The average Bonchev–Trinajstić information content (AvgIpc) is 2.65. The number of nitrogen functional groups attached to an aromatic ring is 1. The highest BCUT2D eigenvalue weighted by atomic mass is 16.2. The molecule has 0 radical (unpaired) electrons. The minimum absolute atomic E-state index is 0.0585. The molecule has 9 nitrogen and oxygen atoms in total. The van der Waals surface area contributed by atoms with E-state index >= 15 is 0 Å². The Labute approximate surface area is 159 Å². The number of H-pyrrole nitrogens is 1. The number of likely N-dealkylation sites (N-methyl/N-ethyl adjacent to an activating group) is 2. The van der Waals surface area contributed by atoms with Gasteiger partial charge in [0.05, 0.1) is 6.54 Å². The molecule has 0 aromatic carbocycles. The molecule has 0 bridgehead atoms. The first-order chi connectivity index (χ1) is 12.9. The summed E-state index contributed by atoms with van der Waals surface area (Å²) in [5.74, 6) is -0.122. The molecule has 9 heteroatoms. The minimum atomic E-state index is -0.615. The van der Waals surface area contributed by atoms with E-state index in [0.717, 1.165) is 45.6 Å².